The van der Waals surface area contributed by atoms with Crippen molar-refractivity contribution < 1.29 is 52.8 Å². The van der Waals surface area contributed by atoms with E-state index in [1.54, 1.807) is 6.92 Å². The number of rotatable bonds is 20. The van der Waals surface area contributed by atoms with Crippen molar-refractivity contribution in [3.8, 4) is 0 Å². The van der Waals surface area contributed by atoms with Crippen molar-refractivity contribution in [1.82, 2.24) is 0 Å². The molecule has 0 amide bonds. The van der Waals surface area contributed by atoms with Gasteiger partial charge < -0.3 is 1.43 Å². The standard InChI is InChI=1S/C20H42O5S.Na.H/c1-4-7-9-11-13-15-17-19-20(18-16-14-12-10-8-5-2)24-25-26(21,22)23-6-3;;/h20H,4-19H2,1-3H3;;/q;+1;-1. The van der Waals surface area contributed by atoms with Crippen LogP contribution in [0, 0.1) is 0 Å². The normalized spacial score (nSPS) is 12.7. The van der Waals surface area contributed by atoms with E-state index in [1.807, 2.05) is 0 Å². The van der Waals surface area contributed by atoms with Gasteiger partial charge in [-0.3, -0.25) is 0 Å². The van der Waals surface area contributed by atoms with Crippen LogP contribution in [0.5, 0.6) is 0 Å². The Bertz CT molecular complexity index is 396. The average Bonchev–Trinajstić information content (AvgIpc) is 2.61. The first-order valence-electron chi connectivity index (χ1n) is 10.8. The molecule has 0 heterocycles. The van der Waals surface area contributed by atoms with E-state index in [0.29, 0.717) is 0 Å². The Morgan fingerprint density at radius 1 is 0.704 bits per heavy atom. The molecule has 160 valence electrons. The van der Waals surface area contributed by atoms with E-state index < -0.39 is 10.4 Å². The quantitative estimate of drug-likeness (QED) is 0.131. The molecule has 1 atom stereocenters. The molecule has 0 aromatic heterocycles. The predicted octanol–water partition coefficient (Wildman–Crippen LogP) is 3.59. The van der Waals surface area contributed by atoms with Crippen molar-refractivity contribution in [2.24, 2.45) is 0 Å². The first-order valence-corrected chi connectivity index (χ1v) is 12.1. The Balaban J connectivity index is -0.00000312. The van der Waals surface area contributed by atoms with Crippen LogP contribution >= 0.6 is 0 Å². The van der Waals surface area contributed by atoms with Crippen LogP contribution in [-0.2, 0) is 23.8 Å². The van der Waals surface area contributed by atoms with E-state index in [4.69, 9.17) is 4.89 Å². The Morgan fingerprint density at radius 2 is 1.11 bits per heavy atom. The summed E-state index contributed by atoms with van der Waals surface area (Å²) in [6, 6.07) is 0. The van der Waals surface area contributed by atoms with Gasteiger partial charge in [0.05, 0.1) is 12.7 Å². The molecule has 0 radical (unpaired) electrons. The monoisotopic (exact) mass is 418 g/mol. The van der Waals surface area contributed by atoms with Crippen molar-refractivity contribution in [2.75, 3.05) is 6.61 Å². The van der Waals surface area contributed by atoms with Gasteiger partial charge in [0, 0.05) is 0 Å². The molecule has 0 fully saturated rings. The molecule has 0 N–H and O–H groups in total. The molecule has 0 aromatic carbocycles. The van der Waals surface area contributed by atoms with Gasteiger partial charge in [-0.1, -0.05) is 102 Å². The Labute approximate surface area is 192 Å². The summed E-state index contributed by atoms with van der Waals surface area (Å²) in [7, 11) is -4.04. The molecule has 0 saturated heterocycles. The summed E-state index contributed by atoms with van der Waals surface area (Å²) in [4.78, 5) is 5.22. The first kappa shape index (κ1) is 30.0. The molecule has 0 aliphatic carbocycles. The third kappa shape index (κ3) is 21.4. The third-order valence-corrected chi connectivity index (χ3v) is 5.30. The van der Waals surface area contributed by atoms with Crippen molar-refractivity contribution in [3.05, 3.63) is 0 Å². The van der Waals surface area contributed by atoms with Crippen LogP contribution in [0.1, 0.15) is 119 Å². The van der Waals surface area contributed by atoms with E-state index in [0.717, 1.165) is 38.5 Å². The summed E-state index contributed by atoms with van der Waals surface area (Å²) in [5.41, 5.74) is 0. The molecular weight excluding hydrogens is 375 g/mol. The van der Waals surface area contributed by atoms with E-state index >= 15 is 0 Å². The van der Waals surface area contributed by atoms with E-state index in [9.17, 15) is 8.42 Å². The van der Waals surface area contributed by atoms with Crippen LogP contribution in [0.4, 0.5) is 0 Å². The fourth-order valence-electron chi connectivity index (χ4n) is 2.99. The molecule has 0 aliphatic rings. The SMILES string of the molecule is CCCCCCCCCC(CCCCCCCC)OOS(=O)(=O)OCC.[H-].[Na+]. The van der Waals surface area contributed by atoms with Crippen LogP contribution in [-0.4, -0.2) is 21.1 Å². The van der Waals surface area contributed by atoms with Crippen LogP contribution in [0.2, 0.25) is 0 Å². The Kier molecular flexibility index (Phi) is 24.0. The van der Waals surface area contributed by atoms with Crippen molar-refractivity contribution >= 4 is 10.4 Å². The number of unbranched alkanes of at least 4 members (excludes halogenated alkanes) is 11. The van der Waals surface area contributed by atoms with Crippen LogP contribution in [0.25, 0.3) is 0 Å². The summed E-state index contributed by atoms with van der Waals surface area (Å²) >= 11 is 0. The second-order valence-corrected chi connectivity index (χ2v) is 8.26. The van der Waals surface area contributed by atoms with Crippen molar-refractivity contribution in [2.45, 2.75) is 123 Å². The van der Waals surface area contributed by atoms with Crippen LogP contribution in [0.15, 0.2) is 0 Å². The smallest absolute Gasteiger partial charge is 1.00 e. The second kappa shape index (κ2) is 21.5. The van der Waals surface area contributed by atoms with Gasteiger partial charge in [0.1, 0.15) is 0 Å². The zero-order valence-electron chi connectivity index (χ0n) is 19.3. The zero-order valence-corrected chi connectivity index (χ0v) is 21.2. The largest absolute Gasteiger partial charge is 1.00 e. The third-order valence-electron chi connectivity index (χ3n) is 4.53. The van der Waals surface area contributed by atoms with E-state index in [-0.39, 0.29) is 43.7 Å². The van der Waals surface area contributed by atoms with Crippen molar-refractivity contribution in [1.29, 1.82) is 0 Å². The molecule has 0 aliphatic heterocycles. The first-order chi connectivity index (χ1) is 12.6. The maximum atomic E-state index is 11.5. The number of hydrogen-bond acceptors (Lipinski definition) is 5. The molecule has 0 saturated carbocycles. The van der Waals surface area contributed by atoms with Crippen LogP contribution < -0.4 is 29.6 Å². The molecular formula is C20H43NaO5S. The van der Waals surface area contributed by atoms with E-state index in [2.05, 4.69) is 22.4 Å². The molecule has 0 spiro atoms. The van der Waals surface area contributed by atoms with Gasteiger partial charge in [0.2, 0.25) is 0 Å². The predicted molar refractivity (Wildman–Crippen MR) is 108 cm³/mol. The minimum absolute atomic E-state index is 0. The summed E-state index contributed by atoms with van der Waals surface area (Å²) in [6.07, 6.45) is 17.4. The van der Waals surface area contributed by atoms with E-state index in [1.165, 1.54) is 57.8 Å². The average molecular weight is 419 g/mol. The second-order valence-electron chi connectivity index (χ2n) is 7.07. The summed E-state index contributed by atoms with van der Waals surface area (Å²) in [5, 5.41) is 0. The minimum atomic E-state index is -4.04. The fourth-order valence-corrected chi connectivity index (χ4v) is 3.52. The summed E-state index contributed by atoms with van der Waals surface area (Å²) in [5.74, 6) is 0. The van der Waals surface area contributed by atoms with Crippen LogP contribution in [0.3, 0.4) is 0 Å². The van der Waals surface area contributed by atoms with Gasteiger partial charge in [0.25, 0.3) is 0 Å². The molecule has 0 aromatic rings. The molecule has 27 heavy (non-hydrogen) atoms. The zero-order chi connectivity index (χ0) is 19.5. The molecule has 0 rings (SSSR count). The van der Waals surface area contributed by atoms with Gasteiger partial charge in [-0.05, 0) is 19.8 Å². The maximum Gasteiger partial charge on any atom is 1.00 e. The van der Waals surface area contributed by atoms with Gasteiger partial charge in [0.15, 0.2) is 0 Å². The molecule has 0 bridgehead atoms. The minimum Gasteiger partial charge on any atom is -1.00 e. The summed E-state index contributed by atoms with van der Waals surface area (Å²) < 4.78 is 32.1. The molecule has 1 unspecified atom stereocenters. The van der Waals surface area contributed by atoms with Gasteiger partial charge in [-0.15, -0.1) is 0 Å². The number of hydrogen-bond donors (Lipinski definition) is 0. The summed E-state index contributed by atoms with van der Waals surface area (Å²) in [6.45, 7) is 6.08. The van der Waals surface area contributed by atoms with Crippen molar-refractivity contribution in [3.63, 3.8) is 0 Å². The van der Waals surface area contributed by atoms with Gasteiger partial charge in [-0.2, -0.15) is 8.42 Å². The molecule has 7 heteroatoms. The fraction of sp³-hybridized carbons (Fsp3) is 1.00. The topological polar surface area (TPSA) is 61.8 Å². The maximum absolute atomic E-state index is 11.5. The Hall–Kier alpha value is 0.830. The van der Waals surface area contributed by atoms with Gasteiger partial charge >= 0.3 is 40.0 Å². The van der Waals surface area contributed by atoms with Gasteiger partial charge in [-0.25, -0.2) is 9.07 Å². The Morgan fingerprint density at radius 3 is 1.52 bits per heavy atom. The molecule has 5 nitrogen and oxygen atoms in total.